The maximum absolute atomic E-state index is 11.6. The van der Waals surface area contributed by atoms with Crippen LogP contribution in [0.4, 0.5) is 5.69 Å². The molecule has 0 radical (unpaired) electrons. The zero-order chi connectivity index (χ0) is 13.7. The van der Waals surface area contributed by atoms with Crippen LogP contribution in [0.25, 0.3) is 0 Å². The molecule has 0 heterocycles. The van der Waals surface area contributed by atoms with E-state index in [1.807, 2.05) is 0 Å². The number of hydrogen-bond acceptors (Lipinski definition) is 6. The summed E-state index contributed by atoms with van der Waals surface area (Å²) in [5.41, 5.74) is 11.7. The molecule has 2 unspecified atom stereocenters. The molecule has 18 heavy (non-hydrogen) atoms. The molecule has 0 aromatic heterocycles. The third kappa shape index (κ3) is 3.19. The number of nitrogens with two attached hydrogens (primary N) is 2. The van der Waals surface area contributed by atoms with Crippen LogP contribution in [-0.2, 0) is 4.74 Å². The van der Waals surface area contributed by atoms with Gasteiger partial charge in [-0.25, -0.2) is 4.79 Å². The summed E-state index contributed by atoms with van der Waals surface area (Å²) in [6.45, 7) is 0.237. The third-order valence-corrected chi connectivity index (χ3v) is 2.63. The Kier molecular flexibility index (Phi) is 5.08. The van der Waals surface area contributed by atoms with Crippen molar-refractivity contribution in [3.63, 3.8) is 0 Å². The number of ether oxygens (including phenoxy) is 1. The number of hydrogen-bond donors (Lipinski definition) is 4. The van der Waals surface area contributed by atoms with Gasteiger partial charge in [-0.2, -0.15) is 0 Å². The van der Waals surface area contributed by atoms with Crippen LogP contribution in [0.2, 0.25) is 0 Å². The predicted molar refractivity (Wildman–Crippen MR) is 66.8 cm³/mol. The first-order valence-electron chi connectivity index (χ1n) is 5.55. The minimum Gasteiger partial charge on any atom is -0.465 e. The number of aliphatic hydroxyl groups excluding tert-OH is 2. The monoisotopic (exact) mass is 254 g/mol. The Hall–Kier alpha value is -1.63. The number of benzene rings is 1. The molecule has 0 aliphatic carbocycles. The van der Waals surface area contributed by atoms with E-state index in [2.05, 4.69) is 4.74 Å². The zero-order valence-electron chi connectivity index (χ0n) is 10.2. The van der Waals surface area contributed by atoms with Crippen molar-refractivity contribution in [2.24, 2.45) is 5.73 Å². The molecule has 1 aromatic rings. The molecule has 2 atom stereocenters. The first-order chi connectivity index (χ1) is 8.51. The van der Waals surface area contributed by atoms with E-state index >= 15 is 0 Å². The maximum atomic E-state index is 11.6. The van der Waals surface area contributed by atoms with Crippen molar-refractivity contribution in [2.45, 2.75) is 18.6 Å². The molecule has 0 aliphatic heterocycles. The first-order valence-corrected chi connectivity index (χ1v) is 5.55. The standard InChI is InChI=1S/C12H18N2O4/c1-18-12(17)9-6-7(14)2-3-8(9)11(16)10(15)4-5-13/h2-3,6,10-11,15-16H,4-5,13-14H2,1H3. The molecule has 0 bridgehead atoms. The lowest BCUT2D eigenvalue weighted by molar-refractivity contribution is 0.0138. The van der Waals surface area contributed by atoms with Gasteiger partial charge >= 0.3 is 5.97 Å². The van der Waals surface area contributed by atoms with E-state index in [0.717, 1.165) is 0 Å². The number of methoxy groups -OCH3 is 1. The van der Waals surface area contributed by atoms with Gasteiger partial charge in [0.2, 0.25) is 0 Å². The summed E-state index contributed by atoms with van der Waals surface area (Å²) in [5, 5.41) is 19.7. The van der Waals surface area contributed by atoms with Gasteiger partial charge in [0.1, 0.15) is 6.10 Å². The molecule has 0 aliphatic rings. The van der Waals surface area contributed by atoms with E-state index in [0.29, 0.717) is 5.69 Å². The molecule has 1 rings (SSSR count). The van der Waals surface area contributed by atoms with Crippen LogP contribution in [0.3, 0.4) is 0 Å². The van der Waals surface area contributed by atoms with Crippen molar-refractivity contribution >= 4 is 11.7 Å². The number of esters is 1. The van der Waals surface area contributed by atoms with Gasteiger partial charge in [-0.15, -0.1) is 0 Å². The average Bonchev–Trinajstić information content (AvgIpc) is 2.37. The smallest absolute Gasteiger partial charge is 0.338 e. The molecule has 0 amide bonds. The molecule has 1 aromatic carbocycles. The van der Waals surface area contributed by atoms with Crippen LogP contribution in [0.5, 0.6) is 0 Å². The maximum Gasteiger partial charge on any atom is 0.338 e. The van der Waals surface area contributed by atoms with Crippen LogP contribution >= 0.6 is 0 Å². The first kappa shape index (κ1) is 14.4. The van der Waals surface area contributed by atoms with Crippen molar-refractivity contribution < 1.29 is 19.7 Å². The lowest BCUT2D eigenvalue weighted by Crippen LogP contribution is -2.23. The van der Waals surface area contributed by atoms with Gasteiger partial charge in [-0.05, 0) is 30.7 Å². The van der Waals surface area contributed by atoms with E-state index in [-0.39, 0.29) is 24.1 Å². The molecule has 0 saturated heterocycles. The molecule has 6 heteroatoms. The summed E-state index contributed by atoms with van der Waals surface area (Å²) in [7, 11) is 1.23. The SMILES string of the molecule is COC(=O)c1cc(N)ccc1C(O)C(O)CCN. The van der Waals surface area contributed by atoms with Gasteiger partial charge in [-0.1, -0.05) is 6.07 Å². The second-order valence-corrected chi connectivity index (χ2v) is 3.93. The van der Waals surface area contributed by atoms with Crippen LogP contribution in [-0.4, -0.2) is 35.9 Å². The van der Waals surface area contributed by atoms with E-state index in [9.17, 15) is 15.0 Å². The van der Waals surface area contributed by atoms with Crippen LogP contribution in [0.15, 0.2) is 18.2 Å². The van der Waals surface area contributed by atoms with Crippen LogP contribution in [0, 0.1) is 0 Å². The molecule has 6 nitrogen and oxygen atoms in total. The number of carbonyl (C=O) groups excluding carboxylic acids is 1. The fraction of sp³-hybridized carbons (Fsp3) is 0.417. The molecule has 100 valence electrons. The predicted octanol–water partition coefficient (Wildman–Crippen LogP) is -0.202. The van der Waals surface area contributed by atoms with E-state index in [1.165, 1.54) is 19.2 Å². The van der Waals surface area contributed by atoms with Gasteiger partial charge in [0, 0.05) is 5.69 Å². The Morgan fingerprint density at radius 3 is 2.67 bits per heavy atom. The minimum atomic E-state index is -1.21. The summed E-state index contributed by atoms with van der Waals surface area (Å²) < 4.78 is 4.61. The van der Waals surface area contributed by atoms with Crippen molar-refractivity contribution in [2.75, 3.05) is 19.4 Å². The molecule has 0 saturated carbocycles. The van der Waals surface area contributed by atoms with E-state index < -0.39 is 18.2 Å². The van der Waals surface area contributed by atoms with Gasteiger partial charge in [0.05, 0.1) is 18.8 Å². The fourth-order valence-electron chi connectivity index (χ4n) is 1.65. The second-order valence-electron chi connectivity index (χ2n) is 3.93. The summed E-state index contributed by atoms with van der Waals surface area (Å²) in [4.78, 5) is 11.6. The number of anilines is 1. The lowest BCUT2D eigenvalue weighted by Gasteiger charge is -2.19. The summed E-state index contributed by atoms with van der Waals surface area (Å²) in [6.07, 6.45) is -2.02. The van der Waals surface area contributed by atoms with Gasteiger partial charge < -0.3 is 26.4 Å². The van der Waals surface area contributed by atoms with Crippen molar-refractivity contribution in [1.29, 1.82) is 0 Å². The highest BCUT2D eigenvalue weighted by atomic mass is 16.5. The number of rotatable bonds is 5. The van der Waals surface area contributed by atoms with E-state index in [1.54, 1.807) is 6.07 Å². The fourth-order valence-corrected chi connectivity index (χ4v) is 1.65. The largest absolute Gasteiger partial charge is 0.465 e. The number of carbonyl (C=O) groups is 1. The van der Waals surface area contributed by atoms with E-state index in [4.69, 9.17) is 11.5 Å². The molecule has 0 spiro atoms. The van der Waals surface area contributed by atoms with Gasteiger partial charge in [-0.3, -0.25) is 0 Å². The Balaban J connectivity index is 3.11. The Morgan fingerprint density at radius 2 is 2.11 bits per heavy atom. The Bertz CT molecular complexity index is 423. The Morgan fingerprint density at radius 1 is 1.44 bits per heavy atom. The average molecular weight is 254 g/mol. The normalized spacial score (nSPS) is 14.0. The van der Waals surface area contributed by atoms with Crippen molar-refractivity contribution in [3.05, 3.63) is 29.3 Å². The van der Waals surface area contributed by atoms with Crippen LogP contribution < -0.4 is 11.5 Å². The second kappa shape index (κ2) is 6.34. The zero-order valence-corrected chi connectivity index (χ0v) is 10.2. The summed E-state index contributed by atoms with van der Waals surface area (Å²) >= 11 is 0. The van der Waals surface area contributed by atoms with Gasteiger partial charge in [0.25, 0.3) is 0 Å². The number of nitrogen functional groups attached to an aromatic ring is 1. The van der Waals surface area contributed by atoms with Gasteiger partial charge in [0.15, 0.2) is 0 Å². The third-order valence-electron chi connectivity index (χ3n) is 2.63. The highest BCUT2D eigenvalue weighted by Gasteiger charge is 2.23. The van der Waals surface area contributed by atoms with Crippen molar-refractivity contribution in [3.8, 4) is 0 Å². The highest BCUT2D eigenvalue weighted by Crippen LogP contribution is 2.25. The molecule has 6 N–H and O–H groups in total. The Labute approximate surface area is 105 Å². The van der Waals surface area contributed by atoms with Crippen LogP contribution in [0.1, 0.15) is 28.4 Å². The molecular weight excluding hydrogens is 236 g/mol. The quantitative estimate of drug-likeness (QED) is 0.427. The topological polar surface area (TPSA) is 119 Å². The molecule has 0 fully saturated rings. The summed E-state index contributed by atoms with van der Waals surface area (Å²) in [6, 6.07) is 4.44. The highest BCUT2D eigenvalue weighted by molar-refractivity contribution is 5.92. The lowest BCUT2D eigenvalue weighted by atomic mass is 9.96. The minimum absolute atomic E-state index is 0.140. The van der Waals surface area contributed by atoms with Crippen molar-refractivity contribution in [1.82, 2.24) is 0 Å². The number of aliphatic hydroxyl groups is 2. The molecular formula is C12H18N2O4. The summed E-state index contributed by atoms with van der Waals surface area (Å²) in [5.74, 6) is -0.615.